The van der Waals surface area contributed by atoms with Crippen molar-refractivity contribution >= 4 is 27.5 Å². The molecule has 1 saturated carbocycles. The molecule has 2 nitrogen and oxygen atoms in total. The number of aryl methyl sites for hydroxylation is 1. The van der Waals surface area contributed by atoms with Crippen LogP contribution >= 0.6 is 27.5 Å². The summed E-state index contributed by atoms with van der Waals surface area (Å²) in [6.07, 6.45) is 5.71. The molecule has 1 aliphatic carbocycles. The molecule has 2 atom stereocenters. The largest absolute Gasteiger partial charge is 0.236 e. The zero-order valence-corrected chi connectivity index (χ0v) is 12.7. The second-order valence-electron chi connectivity index (χ2n) is 5.00. The molecular formula is C13H18BrClN2. The van der Waals surface area contributed by atoms with Crippen LogP contribution in [-0.2, 0) is 6.42 Å². The molecule has 1 aromatic rings. The van der Waals surface area contributed by atoms with E-state index in [4.69, 9.17) is 16.6 Å². The van der Waals surface area contributed by atoms with E-state index in [0.29, 0.717) is 11.1 Å². The van der Waals surface area contributed by atoms with Crippen LogP contribution in [0.5, 0.6) is 0 Å². The third-order valence-electron chi connectivity index (χ3n) is 3.44. The smallest absolute Gasteiger partial charge is 0.147 e. The van der Waals surface area contributed by atoms with Crippen LogP contribution < -0.4 is 0 Å². The van der Waals surface area contributed by atoms with E-state index in [2.05, 4.69) is 34.8 Å². The fraction of sp³-hybridized carbons (Fsp3) is 0.692. The lowest BCUT2D eigenvalue weighted by molar-refractivity contribution is 0.583. The summed E-state index contributed by atoms with van der Waals surface area (Å²) in [5.41, 5.74) is 1.06. The number of rotatable bonds is 3. The van der Waals surface area contributed by atoms with E-state index in [1.54, 1.807) is 0 Å². The molecule has 4 heteroatoms. The van der Waals surface area contributed by atoms with Gasteiger partial charge in [-0.05, 0) is 47.5 Å². The highest BCUT2D eigenvalue weighted by atomic mass is 79.9. The van der Waals surface area contributed by atoms with Gasteiger partial charge in [-0.3, -0.25) is 0 Å². The summed E-state index contributed by atoms with van der Waals surface area (Å²) in [6.45, 7) is 4.45. The molecule has 1 aromatic heterocycles. The van der Waals surface area contributed by atoms with Crippen molar-refractivity contribution in [2.75, 3.05) is 0 Å². The number of halogens is 2. The number of aromatic nitrogens is 2. The molecule has 1 heterocycles. The Hall–Kier alpha value is -0.150. The average Bonchev–Trinajstić information content (AvgIpc) is 2.71. The van der Waals surface area contributed by atoms with Gasteiger partial charge in [0, 0.05) is 5.92 Å². The van der Waals surface area contributed by atoms with Gasteiger partial charge in [-0.15, -0.1) is 0 Å². The molecule has 17 heavy (non-hydrogen) atoms. The first-order valence-corrected chi connectivity index (χ1v) is 7.50. The van der Waals surface area contributed by atoms with Gasteiger partial charge in [0.05, 0.1) is 10.2 Å². The maximum atomic E-state index is 6.17. The van der Waals surface area contributed by atoms with Crippen molar-refractivity contribution in [3.8, 4) is 0 Å². The minimum absolute atomic E-state index is 0.506. The Kier molecular flexibility index (Phi) is 4.42. The minimum atomic E-state index is 0.506. The lowest BCUT2D eigenvalue weighted by Crippen LogP contribution is -2.05. The first kappa shape index (κ1) is 13.3. The number of hydrogen-bond acceptors (Lipinski definition) is 2. The monoisotopic (exact) mass is 316 g/mol. The highest BCUT2D eigenvalue weighted by molar-refractivity contribution is 9.10. The van der Waals surface area contributed by atoms with E-state index in [1.807, 2.05) is 0 Å². The van der Waals surface area contributed by atoms with Crippen molar-refractivity contribution in [1.82, 2.24) is 9.97 Å². The average molecular weight is 318 g/mol. The van der Waals surface area contributed by atoms with Crippen molar-refractivity contribution in [2.45, 2.75) is 51.9 Å². The first-order valence-electron chi connectivity index (χ1n) is 6.33. The summed E-state index contributed by atoms with van der Waals surface area (Å²) < 4.78 is 0.871. The number of hydrogen-bond donors (Lipinski definition) is 0. The van der Waals surface area contributed by atoms with Crippen molar-refractivity contribution < 1.29 is 0 Å². The lowest BCUT2D eigenvalue weighted by atomic mass is 10.1. The molecule has 2 unspecified atom stereocenters. The summed E-state index contributed by atoms with van der Waals surface area (Å²) >= 11 is 9.65. The Morgan fingerprint density at radius 3 is 2.71 bits per heavy atom. The fourth-order valence-electron chi connectivity index (χ4n) is 2.51. The predicted molar refractivity (Wildman–Crippen MR) is 74.5 cm³/mol. The predicted octanol–water partition coefficient (Wildman–Crippen LogP) is 4.75. The van der Waals surface area contributed by atoms with Crippen molar-refractivity contribution in [3.05, 3.63) is 21.1 Å². The maximum Gasteiger partial charge on any atom is 0.147 e. The third-order valence-corrected chi connectivity index (χ3v) is 4.78. The Balaban J connectivity index is 2.28. The van der Waals surface area contributed by atoms with Gasteiger partial charge < -0.3 is 0 Å². The molecule has 1 fully saturated rings. The normalized spacial score (nSPS) is 24.2. The summed E-state index contributed by atoms with van der Waals surface area (Å²) in [6, 6.07) is 0. The molecule has 0 aromatic carbocycles. The Labute approximate surface area is 116 Å². The van der Waals surface area contributed by atoms with Gasteiger partial charge in [-0.1, -0.05) is 31.9 Å². The zero-order valence-electron chi connectivity index (χ0n) is 10.3. The van der Waals surface area contributed by atoms with Crippen LogP contribution in [0.15, 0.2) is 4.47 Å². The molecule has 1 aliphatic rings. The van der Waals surface area contributed by atoms with Crippen LogP contribution in [0, 0.1) is 5.92 Å². The van der Waals surface area contributed by atoms with Crippen LogP contribution in [0.4, 0.5) is 0 Å². The third kappa shape index (κ3) is 3.00. The lowest BCUT2D eigenvalue weighted by Gasteiger charge is -2.12. The Morgan fingerprint density at radius 2 is 2.12 bits per heavy atom. The highest BCUT2D eigenvalue weighted by Gasteiger charge is 2.26. The quantitative estimate of drug-likeness (QED) is 0.752. The summed E-state index contributed by atoms with van der Waals surface area (Å²) in [4.78, 5) is 9.14. The Morgan fingerprint density at radius 1 is 1.35 bits per heavy atom. The van der Waals surface area contributed by atoms with Crippen LogP contribution in [0.3, 0.4) is 0 Å². The summed E-state index contributed by atoms with van der Waals surface area (Å²) in [5, 5.41) is 0.568. The van der Waals surface area contributed by atoms with Crippen LogP contribution in [0.2, 0.25) is 5.15 Å². The number of nitrogens with zero attached hydrogens (tertiary/aromatic N) is 2. The fourth-order valence-corrected chi connectivity index (χ4v) is 3.08. The molecule has 0 spiro atoms. The van der Waals surface area contributed by atoms with E-state index < -0.39 is 0 Å². The molecule has 2 rings (SSSR count). The molecule has 0 saturated heterocycles. The zero-order chi connectivity index (χ0) is 12.4. The minimum Gasteiger partial charge on any atom is -0.236 e. The van der Waals surface area contributed by atoms with Gasteiger partial charge in [0.15, 0.2) is 0 Å². The van der Waals surface area contributed by atoms with Gasteiger partial charge in [0.1, 0.15) is 11.0 Å². The van der Waals surface area contributed by atoms with Crippen LogP contribution in [-0.4, -0.2) is 9.97 Å². The van der Waals surface area contributed by atoms with Crippen molar-refractivity contribution in [3.63, 3.8) is 0 Å². The molecule has 0 radical (unpaired) electrons. The van der Waals surface area contributed by atoms with Crippen LogP contribution in [0.25, 0.3) is 0 Å². The SMILES string of the molecule is CCCc1nc(C2CCC(C)C2)nc(Cl)c1Br. The molecular weight excluding hydrogens is 300 g/mol. The standard InChI is InChI=1S/C13H18BrClN2/c1-3-4-10-11(14)12(15)17-13(16-10)9-6-5-8(2)7-9/h8-9H,3-7H2,1-2H3. The summed E-state index contributed by atoms with van der Waals surface area (Å²) in [7, 11) is 0. The molecule has 94 valence electrons. The Bertz CT molecular complexity index is 409. The van der Waals surface area contributed by atoms with E-state index >= 15 is 0 Å². The van der Waals surface area contributed by atoms with Crippen molar-refractivity contribution in [2.24, 2.45) is 5.92 Å². The maximum absolute atomic E-state index is 6.17. The van der Waals surface area contributed by atoms with E-state index in [0.717, 1.165) is 34.8 Å². The van der Waals surface area contributed by atoms with Crippen LogP contribution in [0.1, 0.15) is 57.0 Å². The molecule has 0 N–H and O–H groups in total. The van der Waals surface area contributed by atoms with Gasteiger partial charge in [0.2, 0.25) is 0 Å². The van der Waals surface area contributed by atoms with Crippen molar-refractivity contribution in [1.29, 1.82) is 0 Å². The van der Waals surface area contributed by atoms with Gasteiger partial charge in [0.25, 0.3) is 0 Å². The van der Waals surface area contributed by atoms with Gasteiger partial charge in [-0.25, -0.2) is 9.97 Å². The topological polar surface area (TPSA) is 25.8 Å². The van der Waals surface area contributed by atoms with Gasteiger partial charge >= 0.3 is 0 Å². The summed E-state index contributed by atoms with van der Waals surface area (Å²) in [5.74, 6) is 2.25. The molecule has 0 aliphatic heterocycles. The molecule has 0 bridgehead atoms. The first-order chi connectivity index (χ1) is 8.11. The highest BCUT2D eigenvalue weighted by Crippen LogP contribution is 2.37. The van der Waals surface area contributed by atoms with E-state index in [9.17, 15) is 0 Å². The molecule has 0 amide bonds. The van der Waals surface area contributed by atoms with Gasteiger partial charge in [-0.2, -0.15) is 0 Å². The van der Waals surface area contributed by atoms with E-state index in [1.165, 1.54) is 19.3 Å². The van der Waals surface area contributed by atoms with E-state index in [-0.39, 0.29) is 0 Å². The second-order valence-corrected chi connectivity index (χ2v) is 6.15. The second kappa shape index (κ2) is 5.66.